The predicted molar refractivity (Wildman–Crippen MR) is 85.1 cm³/mol. The molecule has 0 aliphatic carbocycles. The average molecular weight is 348 g/mol. The van der Waals surface area contributed by atoms with Crippen LogP contribution >= 0.6 is 0 Å². The Morgan fingerprint density at radius 3 is 2.48 bits per heavy atom. The number of hydrogen-bond acceptors (Lipinski definition) is 3. The van der Waals surface area contributed by atoms with Crippen LogP contribution in [0.25, 0.3) is 0 Å². The highest BCUT2D eigenvalue weighted by Crippen LogP contribution is 2.19. The quantitative estimate of drug-likeness (QED) is 0.793. The highest BCUT2D eigenvalue weighted by atomic mass is 32.2. The molecule has 0 aliphatic heterocycles. The molecule has 23 heavy (non-hydrogen) atoms. The molecule has 0 spiro atoms. The summed E-state index contributed by atoms with van der Waals surface area (Å²) in [5.41, 5.74) is 0.317. The van der Waals surface area contributed by atoms with Crippen LogP contribution in [0, 0.1) is 11.6 Å². The Balaban J connectivity index is 2.43. The van der Waals surface area contributed by atoms with Crippen LogP contribution in [0.3, 0.4) is 0 Å². The summed E-state index contributed by atoms with van der Waals surface area (Å²) in [4.78, 5) is 11.7. The highest BCUT2D eigenvalue weighted by molar-refractivity contribution is 7.90. The fraction of sp³-hybridized carbons (Fsp3) is 0.533. The average Bonchev–Trinajstić information content (AvgIpc) is 2.42. The lowest BCUT2D eigenvalue weighted by atomic mass is 10.0. The molecule has 5 nitrogen and oxygen atoms in total. The monoisotopic (exact) mass is 348 g/mol. The first-order valence-corrected chi connectivity index (χ1v) is 9.31. The lowest BCUT2D eigenvalue weighted by molar-refractivity contribution is 0.237. The topological polar surface area (TPSA) is 75.3 Å². The Labute approximate surface area is 135 Å². The van der Waals surface area contributed by atoms with Crippen molar-refractivity contribution in [2.24, 2.45) is 0 Å². The smallest absolute Gasteiger partial charge is 0.315 e. The highest BCUT2D eigenvalue weighted by Gasteiger charge is 2.14. The fourth-order valence-electron chi connectivity index (χ4n) is 1.99. The third-order valence-electron chi connectivity index (χ3n) is 3.36. The molecular weight excluding hydrogens is 326 g/mol. The van der Waals surface area contributed by atoms with Gasteiger partial charge in [-0.05, 0) is 25.0 Å². The van der Waals surface area contributed by atoms with Crippen molar-refractivity contribution < 1.29 is 22.0 Å². The van der Waals surface area contributed by atoms with Gasteiger partial charge in [0.2, 0.25) is 0 Å². The Bertz CT molecular complexity index is 650. The van der Waals surface area contributed by atoms with E-state index in [0.717, 1.165) is 12.3 Å². The van der Waals surface area contributed by atoms with Gasteiger partial charge in [-0.3, -0.25) is 0 Å². The number of carbonyl (C=O) groups excluding carboxylic acids is 1. The van der Waals surface area contributed by atoms with E-state index in [0.29, 0.717) is 12.0 Å². The maximum atomic E-state index is 13.6. The molecule has 130 valence electrons. The normalized spacial score (nSPS) is 14.1. The van der Waals surface area contributed by atoms with Crippen molar-refractivity contribution in [1.29, 1.82) is 0 Å². The summed E-state index contributed by atoms with van der Waals surface area (Å²) in [7, 11) is -3.07. The molecule has 0 saturated heterocycles. The van der Waals surface area contributed by atoms with E-state index in [1.165, 1.54) is 12.1 Å². The van der Waals surface area contributed by atoms with Crippen molar-refractivity contribution in [2.45, 2.75) is 32.2 Å². The predicted octanol–water partition coefficient (Wildman–Crippen LogP) is 2.19. The molecule has 0 aliphatic rings. The maximum absolute atomic E-state index is 13.6. The number of rotatable bonds is 7. The molecule has 0 radical (unpaired) electrons. The second kappa shape index (κ2) is 8.24. The molecule has 8 heteroatoms. The zero-order valence-electron chi connectivity index (χ0n) is 13.4. The van der Waals surface area contributed by atoms with E-state index in [1.54, 1.807) is 13.8 Å². The molecule has 0 aromatic heterocycles. The van der Waals surface area contributed by atoms with Crippen molar-refractivity contribution >= 4 is 15.9 Å². The standard InChI is InChI=1S/C15H22F2N2O3S/c1-10(13-5-4-12(16)8-14(13)17)9-18-15(20)19-11(2)6-7-23(3,21)22/h4-5,8,10-11H,6-7,9H2,1-3H3,(H2,18,19,20)/t10-,11-/m1/s1. The van der Waals surface area contributed by atoms with Gasteiger partial charge in [-0.2, -0.15) is 0 Å². The van der Waals surface area contributed by atoms with E-state index in [1.807, 2.05) is 0 Å². The van der Waals surface area contributed by atoms with Gasteiger partial charge in [-0.1, -0.05) is 13.0 Å². The van der Waals surface area contributed by atoms with Gasteiger partial charge in [-0.25, -0.2) is 22.0 Å². The van der Waals surface area contributed by atoms with Gasteiger partial charge < -0.3 is 10.6 Å². The SMILES string of the molecule is C[C@H](CCS(C)(=O)=O)NC(=O)NC[C@@H](C)c1ccc(F)cc1F. The largest absolute Gasteiger partial charge is 0.338 e. The number of carbonyl (C=O) groups is 1. The van der Waals surface area contributed by atoms with Gasteiger partial charge in [0.15, 0.2) is 0 Å². The van der Waals surface area contributed by atoms with Crippen LogP contribution in [0.1, 0.15) is 31.7 Å². The van der Waals surface area contributed by atoms with Gasteiger partial charge in [0.25, 0.3) is 0 Å². The molecular formula is C15H22F2N2O3S. The van der Waals surface area contributed by atoms with E-state index in [2.05, 4.69) is 10.6 Å². The molecule has 0 heterocycles. The first-order valence-electron chi connectivity index (χ1n) is 7.25. The van der Waals surface area contributed by atoms with Crippen molar-refractivity contribution in [2.75, 3.05) is 18.6 Å². The first kappa shape index (κ1) is 19.3. The van der Waals surface area contributed by atoms with Crippen LogP contribution in [0.15, 0.2) is 18.2 Å². The van der Waals surface area contributed by atoms with Gasteiger partial charge in [0, 0.05) is 30.8 Å². The number of nitrogens with one attached hydrogen (secondary N) is 2. The van der Waals surface area contributed by atoms with E-state index in [-0.39, 0.29) is 24.3 Å². The summed E-state index contributed by atoms with van der Waals surface area (Å²) < 4.78 is 48.6. The Morgan fingerprint density at radius 1 is 1.26 bits per heavy atom. The van der Waals surface area contributed by atoms with Crippen molar-refractivity contribution in [3.05, 3.63) is 35.4 Å². The molecule has 2 atom stereocenters. The molecule has 1 rings (SSSR count). The van der Waals surface area contributed by atoms with Gasteiger partial charge in [0.1, 0.15) is 21.5 Å². The summed E-state index contributed by atoms with van der Waals surface area (Å²) in [6, 6.07) is 2.56. The van der Waals surface area contributed by atoms with E-state index in [4.69, 9.17) is 0 Å². The minimum absolute atomic E-state index is 0.00829. The molecule has 2 amide bonds. The molecule has 1 aromatic rings. The number of sulfone groups is 1. The number of urea groups is 1. The van der Waals surface area contributed by atoms with Crippen LogP contribution in [0.5, 0.6) is 0 Å². The second-order valence-electron chi connectivity index (χ2n) is 5.74. The summed E-state index contributed by atoms with van der Waals surface area (Å²) in [6.45, 7) is 3.59. The number of benzene rings is 1. The number of halogens is 2. The fourth-order valence-corrected chi connectivity index (χ4v) is 2.78. The molecule has 0 fully saturated rings. The first-order chi connectivity index (χ1) is 10.6. The molecule has 2 N–H and O–H groups in total. The van der Waals surface area contributed by atoms with Crippen LogP contribution in [0.4, 0.5) is 13.6 Å². The lowest BCUT2D eigenvalue weighted by Crippen LogP contribution is -2.42. The van der Waals surface area contributed by atoms with Gasteiger partial charge in [0.05, 0.1) is 5.75 Å². The van der Waals surface area contributed by atoms with Crippen LogP contribution < -0.4 is 10.6 Å². The minimum Gasteiger partial charge on any atom is -0.338 e. The molecule has 1 aromatic carbocycles. The van der Waals surface area contributed by atoms with Gasteiger partial charge in [-0.15, -0.1) is 0 Å². The van der Waals surface area contributed by atoms with Crippen LogP contribution in [0.2, 0.25) is 0 Å². The number of hydrogen-bond donors (Lipinski definition) is 2. The van der Waals surface area contributed by atoms with E-state index in [9.17, 15) is 22.0 Å². The van der Waals surface area contributed by atoms with Crippen LogP contribution in [-0.2, 0) is 9.84 Å². The molecule has 0 unspecified atom stereocenters. The Morgan fingerprint density at radius 2 is 1.91 bits per heavy atom. The minimum atomic E-state index is -3.07. The van der Waals surface area contributed by atoms with Crippen LogP contribution in [-0.4, -0.2) is 39.0 Å². The number of amides is 2. The van der Waals surface area contributed by atoms with E-state index < -0.39 is 27.5 Å². The molecule has 0 bridgehead atoms. The Kier molecular flexibility index (Phi) is 6.93. The Hall–Kier alpha value is -1.70. The maximum Gasteiger partial charge on any atom is 0.315 e. The second-order valence-corrected chi connectivity index (χ2v) is 8.00. The zero-order chi connectivity index (χ0) is 17.6. The van der Waals surface area contributed by atoms with Gasteiger partial charge >= 0.3 is 6.03 Å². The van der Waals surface area contributed by atoms with Crippen molar-refractivity contribution in [1.82, 2.24) is 10.6 Å². The summed E-state index contributed by atoms with van der Waals surface area (Å²) in [5, 5.41) is 5.21. The zero-order valence-corrected chi connectivity index (χ0v) is 14.2. The summed E-state index contributed by atoms with van der Waals surface area (Å²) >= 11 is 0. The van der Waals surface area contributed by atoms with Crippen molar-refractivity contribution in [3.8, 4) is 0 Å². The molecule has 0 saturated carbocycles. The lowest BCUT2D eigenvalue weighted by Gasteiger charge is -2.17. The third-order valence-corrected chi connectivity index (χ3v) is 4.34. The van der Waals surface area contributed by atoms with Crippen molar-refractivity contribution in [3.63, 3.8) is 0 Å². The third kappa shape index (κ3) is 7.40. The summed E-state index contributed by atoms with van der Waals surface area (Å²) in [6.07, 6.45) is 1.45. The van der Waals surface area contributed by atoms with E-state index >= 15 is 0 Å². The summed E-state index contributed by atoms with van der Waals surface area (Å²) in [5.74, 6) is -1.64.